The fourth-order valence-corrected chi connectivity index (χ4v) is 2.86. The van der Waals surface area contributed by atoms with Gasteiger partial charge < -0.3 is 19.1 Å². The third kappa shape index (κ3) is 3.13. The Kier molecular flexibility index (Phi) is 4.29. The van der Waals surface area contributed by atoms with Gasteiger partial charge >= 0.3 is 0 Å². The van der Waals surface area contributed by atoms with Gasteiger partial charge in [-0.15, -0.1) is 0 Å². The van der Waals surface area contributed by atoms with E-state index in [9.17, 15) is 4.79 Å². The van der Waals surface area contributed by atoms with Crippen LogP contribution in [-0.2, 0) is 16.0 Å². The molecule has 5 heteroatoms. The molecule has 0 radical (unpaired) electrons. The number of methoxy groups -OCH3 is 1. The van der Waals surface area contributed by atoms with Crippen molar-refractivity contribution in [3.05, 3.63) is 23.8 Å². The molecule has 1 amide bonds. The van der Waals surface area contributed by atoms with Gasteiger partial charge in [0.25, 0.3) is 0 Å². The van der Waals surface area contributed by atoms with E-state index in [1.165, 1.54) is 0 Å². The molecule has 0 N–H and O–H groups in total. The average Bonchev–Trinajstić information content (AvgIpc) is 2.82. The Balaban J connectivity index is 1.69. The normalized spacial score (nSPS) is 22.0. The van der Waals surface area contributed by atoms with Gasteiger partial charge in [-0.2, -0.15) is 0 Å². The van der Waals surface area contributed by atoms with Crippen LogP contribution in [0.15, 0.2) is 18.2 Å². The summed E-state index contributed by atoms with van der Waals surface area (Å²) in [6.45, 7) is 3.28. The maximum atomic E-state index is 12.6. The molecular formula is C16H21NO4. The third-order valence-electron chi connectivity index (χ3n) is 4.06. The van der Waals surface area contributed by atoms with Crippen LogP contribution in [0.1, 0.15) is 12.0 Å². The molecule has 2 aliphatic rings. The molecule has 0 saturated carbocycles. The van der Waals surface area contributed by atoms with Crippen LogP contribution < -0.4 is 9.47 Å². The molecule has 1 aromatic rings. The number of rotatable bonds is 2. The molecule has 0 bridgehead atoms. The van der Waals surface area contributed by atoms with E-state index >= 15 is 0 Å². The summed E-state index contributed by atoms with van der Waals surface area (Å²) in [4.78, 5) is 14.5. The van der Waals surface area contributed by atoms with Gasteiger partial charge in [0, 0.05) is 25.8 Å². The monoisotopic (exact) mass is 291 g/mol. The highest BCUT2D eigenvalue weighted by Crippen LogP contribution is 2.31. The van der Waals surface area contributed by atoms with Gasteiger partial charge in [0.05, 0.1) is 19.6 Å². The first-order valence-corrected chi connectivity index (χ1v) is 7.44. The number of hydrogen-bond donors (Lipinski definition) is 0. The molecular weight excluding hydrogens is 270 g/mol. The minimum absolute atomic E-state index is 0.0935. The predicted octanol–water partition coefficient (Wildman–Crippen LogP) is 1.50. The Hall–Kier alpha value is -1.75. The van der Waals surface area contributed by atoms with Crippen molar-refractivity contribution in [1.82, 2.24) is 4.90 Å². The second-order valence-electron chi connectivity index (χ2n) is 5.48. The molecule has 21 heavy (non-hydrogen) atoms. The van der Waals surface area contributed by atoms with Gasteiger partial charge in [0.15, 0.2) is 0 Å². The molecule has 1 unspecified atom stereocenters. The highest BCUT2D eigenvalue weighted by molar-refractivity contribution is 5.80. The van der Waals surface area contributed by atoms with Gasteiger partial charge in [-0.3, -0.25) is 4.79 Å². The number of ether oxygens (including phenoxy) is 3. The first-order valence-electron chi connectivity index (χ1n) is 7.44. The number of carbonyl (C=O) groups is 1. The minimum Gasteiger partial charge on any atom is -0.497 e. The number of hydrogen-bond acceptors (Lipinski definition) is 4. The van der Waals surface area contributed by atoms with Gasteiger partial charge in [-0.25, -0.2) is 0 Å². The molecule has 0 aliphatic carbocycles. The van der Waals surface area contributed by atoms with Crippen molar-refractivity contribution < 1.29 is 19.0 Å². The van der Waals surface area contributed by atoms with Crippen LogP contribution in [0, 0.1) is 5.92 Å². The fourth-order valence-electron chi connectivity index (χ4n) is 2.86. The van der Waals surface area contributed by atoms with E-state index in [1.54, 1.807) is 7.11 Å². The predicted molar refractivity (Wildman–Crippen MR) is 77.7 cm³/mol. The first-order chi connectivity index (χ1) is 10.3. The minimum atomic E-state index is -0.0935. The maximum absolute atomic E-state index is 12.6. The number of amides is 1. The Morgan fingerprint density at radius 3 is 3.10 bits per heavy atom. The van der Waals surface area contributed by atoms with Crippen LogP contribution in [0.4, 0.5) is 0 Å². The summed E-state index contributed by atoms with van der Waals surface area (Å²) in [6, 6.07) is 5.78. The first kappa shape index (κ1) is 14.2. The summed E-state index contributed by atoms with van der Waals surface area (Å²) < 4.78 is 16.4. The Bertz CT molecular complexity index is 509. The molecule has 0 aromatic heterocycles. The highest BCUT2D eigenvalue weighted by Gasteiger charge is 2.30. The van der Waals surface area contributed by atoms with E-state index in [0.717, 1.165) is 43.1 Å². The largest absolute Gasteiger partial charge is 0.497 e. The van der Waals surface area contributed by atoms with Crippen LogP contribution in [0.3, 0.4) is 0 Å². The average molecular weight is 291 g/mol. The van der Waals surface area contributed by atoms with Crippen molar-refractivity contribution in [2.45, 2.75) is 12.8 Å². The number of nitrogens with zero attached hydrogens (tertiary/aromatic N) is 1. The number of carbonyl (C=O) groups excluding carboxylic acids is 1. The number of benzene rings is 1. The molecule has 3 rings (SSSR count). The molecule has 1 saturated heterocycles. The van der Waals surface area contributed by atoms with E-state index in [4.69, 9.17) is 14.2 Å². The summed E-state index contributed by atoms with van der Waals surface area (Å²) in [5, 5.41) is 0. The molecule has 1 atom stereocenters. The van der Waals surface area contributed by atoms with Crippen molar-refractivity contribution >= 4 is 5.91 Å². The lowest BCUT2D eigenvalue weighted by Gasteiger charge is -2.29. The summed E-state index contributed by atoms with van der Waals surface area (Å²) in [5.74, 6) is 1.70. The van der Waals surface area contributed by atoms with Crippen LogP contribution in [0.5, 0.6) is 11.5 Å². The highest BCUT2D eigenvalue weighted by atomic mass is 16.5. The molecule has 5 nitrogen and oxygen atoms in total. The third-order valence-corrected chi connectivity index (χ3v) is 4.06. The molecule has 2 heterocycles. The van der Waals surface area contributed by atoms with E-state index in [-0.39, 0.29) is 11.8 Å². The molecule has 1 fully saturated rings. The topological polar surface area (TPSA) is 48.0 Å². The van der Waals surface area contributed by atoms with Gasteiger partial charge in [-0.1, -0.05) is 6.07 Å². The van der Waals surface area contributed by atoms with Crippen molar-refractivity contribution in [3.8, 4) is 11.5 Å². The van der Waals surface area contributed by atoms with Crippen LogP contribution in [-0.4, -0.2) is 50.8 Å². The van der Waals surface area contributed by atoms with Crippen molar-refractivity contribution in [2.24, 2.45) is 5.92 Å². The smallest absolute Gasteiger partial charge is 0.229 e. The lowest BCUT2D eigenvalue weighted by molar-refractivity contribution is -0.136. The van der Waals surface area contributed by atoms with E-state index in [1.807, 2.05) is 23.1 Å². The summed E-state index contributed by atoms with van der Waals surface area (Å²) in [7, 11) is 1.64. The van der Waals surface area contributed by atoms with Gasteiger partial charge in [0.2, 0.25) is 5.91 Å². The summed E-state index contributed by atoms with van der Waals surface area (Å²) >= 11 is 0. The quantitative estimate of drug-likeness (QED) is 0.828. The zero-order valence-corrected chi connectivity index (χ0v) is 12.3. The Morgan fingerprint density at radius 2 is 2.24 bits per heavy atom. The van der Waals surface area contributed by atoms with Crippen molar-refractivity contribution in [3.63, 3.8) is 0 Å². The zero-order chi connectivity index (χ0) is 14.7. The van der Waals surface area contributed by atoms with Gasteiger partial charge in [0.1, 0.15) is 18.1 Å². The fraction of sp³-hybridized carbons (Fsp3) is 0.562. The lowest BCUT2D eigenvalue weighted by Crippen LogP contribution is -2.42. The number of fused-ring (bicyclic) bond motifs is 1. The van der Waals surface area contributed by atoms with Crippen LogP contribution in [0.2, 0.25) is 0 Å². The van der Waals surface area contributed by atoms with Crippen molar-refractivity contribution in [1.29, 1.82) is 0 Å². The Labute approximate surface area is 124 Å². The second-order valence-corrected chi connectivity index (χ2v) is 5.48. The molecule has 1 aromatic carbocycles. The van der Waals surface area contributed by atoms with Crippen LogP contribution in [0.25, 0.3) is 0 Å². The standard InChI is InChI=1S/C16H21NO4/c1-19-14-4-3-12-9-13(11-21-15(12)10-14)16(18)17-5-2-7-20-8-6-17/h3-4,10,13H,2,5-9,11H2,1H3. The SMILES string of the molecule is COc1ccc2c(c1)OCC(C(=O)N1CCCOCC1)C2. The lowest BCUT2D eigenvalue weighted by atomic mass is 9.95. The van der Waals surface area contributed by atoms with Gasteiger partial charge in [-0.05, 0) is 24.5 Å². The van der Waals surface area contributed by atoms with Crippen molar-refractivity contribution in [2.75, 3.05) is 40.0 Å². The summed E-state index contributed by atoms with van der Waals surface area (Å²) in [5.41, 5.74) is 1.08. The second kappa shape index (κ2) is 6.35. The molecule has 0 spiro atoms. The molecule has 114 valence electrons. The van der Waals surface area contributed by atoms with Crippen LogP contribution >= 0.6 is 0 Å². The zero-order valence-electron chi connectivity index (χ0n) is 12.3. The Morgan fingerprint density at radius 1 is 1.33 bits per heavy atom. The maximum Gasteiger partial charge on any atom is 0.229 e. The van der Waals surface area contributed by atoms with E-state index in [2.05, 4.69) is 0 Å². The molecule has 2 aliphatic heterocycles. The van der Waals surface area contributed by atoms with E-state index in [0.29, 0.717) is 19.8 Å². The summed E-state index contributed by atoms with van der Waals surface area (Å²) in [6.07, 6.45) is 1.64. The van der Waals surface area contributed by atoms with E-state index < -0.39 is 0 Å².